The van der Waals surface area contributed by atoms with Crippen molar-refractivity contribution in [3.63, 3.8) is 0 Å². The summed E-state index contributed by atoms with van der Waals surface area (Å²) < 4.78 is 0. The second kappa shape index (κ2) is 8.81. The van der Waals surface area contributed by atoms with Crippen molar-refractivity contribution in [3.05, 3.63) is 0 Å². The van der Waals surface area contributed by atoms with Crippen LogP contribution in [0.1, 0.15) is 52.9 Å². The first-order chi connectivity index (χ1) is 8.67. The zero-order chi connectivity index (χ0) is 13.4. The van der Waals surface area contributed by atoms with Gasteiger partial charge in [0.25, 0.3) is 0 Å². The average Bonchev–Trinajstić information content (AvgIpc) is 2.77. The highest BCUT2D eigenvalue weighted by Gasteiger charge is 2.26. The second-order valence-corrected chi connectivity index (χ2v) is 6.70. The third-order valence-corrected chi connectivity index (χ3v) is 4.73. The maximum absolute atomic E-state index is 11.8. The van der Waals surface area contributed by atoms with Gasteiger partial charge >= 0.3 is 0 Å². The number of carbonyl (C=O) groups is 1. The molecule has 18 heavy (non-hydrogen) atoms. The van der Waals surface area contributed by atoms with Gasteiger partial charge in [-0.05, 0) is 38.4 Å². The number of carbonyl (C=O) groups excluding carboxylic acids is 1. The number of hydrogen-bond donors (Lipinski definition) is 2. The molecule has 0 aromatic carbocycles. The number of amides is 1. The van der Waals surface area contributed by atoms with Crippen molar-refractivity contribution in [2.24, 2.45) is 0 Å². The molecule has 1 aliphatic carbocycles. The van der Waals surface area contributed by atoms with Gasteiger partial charge in [-0.3, -0.25) is 4.79 Å². The Bertz CT molecular complexity index is 248. The Morgan fingerprint density at radius 3 is 2.83 bits per heavy atom. The average molecular weight is 272 g/mol. The Hall–Kier alpha value is -0.220. The molecule has 1 fully saturated rings. The minimum absolute atomic E-state index is 0.0581. The van der Waals surface area contributed by atoms with Crippen molar-refractivity contribution in [1.29, 1.82) is 0 Å². The molecule has 106 valence electrons. The fourth-order valence-electron chi connectivity index (χ4n) is 2.45. The molecule has 0 aromatic heterocycles. The lowest BCUT2D eigenvalue weighted by Gasteiger charge is -2.19. The van der Waals surface area contributed by atoms with Crippen LogP contribution in [0, 0.1) is 0 Å². The van der Waals surface area contributed by atoms with E-state index in [2.05, 4.69) is 36.2 Å². The van der Waals surface area contributed by atoms with E-state index in [0.717, 1.165) is 24.6 Å². The molecule has 2 N–H and O–H groups in total. The van der Waals surface area contributed by atoms with Crippen LogP contribution >= 0.6 is 11.8 Å². The van der Waals surface area contributed by atoms with E-state index in [1.54, 1.807) is 0 Å². The van der Waals surface area contributed by atoms with E-state index in [1.807, 2.05) is 6.92 Å². The van der Waals surface area contributed by atoms with Crippen LogP contribution in [0.25, 0.3) is 0 Å². The summed E-state index contributed by atoms with van der Waals surface area (Å²) >= 11 is 2.05. The first-order valence-corrected chi connectivity index (χ1v) is 8.37. The van der Waals surface area contributed by atoms with Gasteiger partial charge in [0.2, 0.25) is 5.91 Å². The Morgan fingerprint density at radius 2 is 2.17 bits per heavy atom. The highest BCUT2D eigenvalue weighted by atomic mass is 32.2. The van der Waals surface area contributed by atoms with Crippen LogP contribution in [0.2, 0.25) is 0 Å². The molecule has 1 saturated carbocycles. The van der Waals surface area contributed by atoms with Crippen LogP contribution in [0.4, 0.5) is 0 Å². The van der Waals surface area contributed by atoms with E-state index in [-0.39, 0.29) is 11.9 Å². The quantitative estimate of drug-likeness (QED) is 0.667. The first-order valence-electron chi connectivity index (χ1n) is 7.32. The van der Waals surface area contributed by atoms with E-state index in [1.165, 1.54) is 25.0 Å². The SMILES string of the molecule is CCCCNC(=O)C(C)NC1CCC(SCC)C1. The van der Waals surface area contributed by atoms with Crippen LogP contribution in [-0.4, -0.2) is 35.5 Å². The Labute approximate surface area is 116 Å². The van der Waals surface area contributed by atoms with E-state index in [9.17, 15) is 4.79 Å². The highest BCUT2D eigenvalue weighted by Crippen LogP contribution is 2.29. The number of thioether (sulfide) groups is 1. The number of unbranched alkanes of at least 4 members (excludes halogenated alkanes) is 1. The maximum atomic E-state index is 11.8. The Morgan fingerprint density at radius 1 is 1.39 bits per heavy atom. The molecule has 3 unspecified atom stereocenters. The second-order valence-electron chi connectivity index (χ2n) is 5.12. The molecule has 3 nitrogen and oxygen atoms in total. The summed E-state index contributed by atoms with van der Waals surface area (Å²) in [5, 5.41) is 7.25. The van der Waals surface area contributed by atoms with Crippen LogP contribution in [0.15, 0.2) is 0 Å². The van der Waals surface area contributed by atoms with Crippen molar-refractivity contribution in [3.8, 4) is 0 Å². The predicted octanol–water partition coefficient (Wildman–Crippen LogP) is 2.55. The lowest BCUT2D eigenvalue weighted by molar-refractivity contribution is -0.122. The normalized spacial score (nSPS) is 25.1. The van der Waals surface area contributed by atoms with E-state index in [4.69, 9.17) is 0 Å². The Balaban J connectivity index is 2.19. The number of hydrogen-bond acceptors (Lipinski definition) is 3. The number of rotatable bonds is 8. The molecule has 1 aliphatic rings. The number of nitrogens with one attached hydrogen (secondary N) is 2. The summed E-state index contributed by atoms with van der Waals surface area (Å²) in [5.74, 6) is 1.35. The third-order valence-electron chi connectivity index (χ3n) is 3.50. The zero-order valence-electron chi connectivity index (χ0n) is 12.0. The van der Waals surface area contributed by atoms with Gasteiger partial charge < -0.3 is 10.6 Å². The van der Waals surface area contributed by atoms with Gasteiger partial charge in [-0.2, -0.15) is 11.8 Å². The largest absolute Gasteiger partial charge is 0.355 e. The monoisotopic (exact) mass is 272 g/mol. The predicted molar refractivity (Wildman–Crippen MR) is 80.1 cm³/mol. The maximum Gasteiger partial charge on any atom is 0.236 e. The third kappa shape index (κ3) is 5.61. The topological polar surface area (TPSA) is 41.1 Å². The van der Waals surface area contributed by atoms with Gasteiger partial charge in [-0.1, -0.05) is 20.3 Å². The summed E-state index contributed by atoms with van der Waals surface area (Å²) in [4.78, 5) is 11.8. The minimum Gasteiger partial charge on any atom is -0.355 e. The summed E-state index contributed by atoms with van der Waals surface area (Å²) in [6.45, 7) is 7.13. The molecule has 0 saturated heterocycles. The first kappa shape index (κ1) is 15.8. The standard InChI is InChI=1S/C14H28N2OS/c1-4-6-9-15-14(17)11(3)16-12-7-8-13(10-12)18-5-2/h11-13,16H,4-10H2,1-3H3,(H,15,17). The van der Waals surface area contributed by atoms with Gasteiger partial charge in [0.1, 0.15) is 0 Å². The van der Waals surface area contributed by atoms with Gasteiger partial charge in [0.05, 0.1) is 6.04 Å². The Kier molecular flexibility index (Phi) is 7.75. The lowest BCUT2D eigenvalue weighted by atomic mass is 10.2. The molecule has 1 amide bonds. The molecule has 1 rings (SSSR count). The minimum atomic E-state index is -0.0581. The van der Waals surface area contributed by atoms with Gasteiger partial charge in [0, 0.05) is 17.8 Å². The fraction of sp³-hybridized carbons (Fsp3) is 0.929. The molecule has 0 spiro atoms. The highest BCUT2D eigenvalue weighted by molar-refractivity contribution is 7.99. The van der Waals surface area contributed by atoms with Crippen LogP contribution in [0.3, 0.4) is 0 Å². The smallest absolute Gasteiger partial charge is 0.236 e. The summed E-state index contributed by atoms with van der Waals surface area (Å²) in [6, 6.07) is 0.471. The molecule has 0 heterocycles. The van der Waals surface area contributed by atoms with Crippen molar-refractivity contribution in [2.45, 2.75) is 70.2 Å². The summed E-state index contributed by atoms with van der Waals surface area (Å²) in [5.41, 5.74) is 0. The molecule has 4 heteroatoms. The lowest BCUT2D eigenvalue weighted by Crippen LogP contribution is -2.46. The fourth-order valence-corrected chi connectivity index (χ4v) is 3.59. The summed E-state index contributed by atoms with van der Waals surface area (Å²) in [7, 11) is 0. The van der Waals surface area contributed by atoms with E-state index >= 15 is 0 Å². The van der Waals surface area contributed by atoms with Crippen molar-refractivity contribution < 1.29 is 4.79 Å². The van der Waals surface area contributed by atoms with Crippen LogP contribution < -0.4 is 10.6 Å². The molecule has 0 aromatic rings. The molecular formula is C14H28N2OS. The molecule has 3 atom stereocenters. The molecule has 0 aliphatic heterocycles. The van der Waals surface area contributed by atoms with Gasteiger partial charge in [-0.25, -0.2) is 0 Å². The van der Waals surface area contributed by atoms with E-state index < -0.39 is 0 Å². The van der Waals surface area contributed by atoms with E-state index in [0.29, 0.717) is 6.04 Å². The molecule has 0 radical (unpaired) electrons. The van der Waals surface area contributed by atoms with Crippen molar-refractivity contribution in [1.82, 2.24) is 10.6 Å². The summed E-state index contributed by atoms with van der Waals surface area (Å²) in [6.07, 6.45) is 5.91. The van der Waals surface area contributed by atoms with Crippen molar-refractivity contribution in [2.75, 3.05) is 12.3 Å². The van der Waals surface area contributed by atoms with Crippen LogP contribution in [-0.2, 0) is 4.79 Å². The van der Waals surface area contributed by atoms with Crippen molar-refractivity contribution >= 4 is 17.7 Å². The van der Waals surface area contributed by atoms with Crippen LogP contribution in [0.5, 0.6) is 0 Å². The zero-order valence-corrected chi connectivity index (χ0v) is 12.8. The molecular weight excluding hydrogens is 244 g/mol. The molecule has 0 bridgehead atoms. The van der Waals surface area contributed by atoms with Gasteiger partial charge in [0.15, 0.2) is 0 Å². The van der Waals surface area contributed by atoms with Gasteiger partial charge in [-0.15, -0.1) is 0 Å².